The van der Waals surface area contributed by atoms with Gasteiger partial charge in [-0.15, -0.1) is 0 Å². The summed E-state index contributed by atoms with van der Waals surface area (Å²) in [5.74, 6) is 0. The number of benzene rings is 1. The van der Waals surface area contributed by atoms with E-state index in [9.17, 15) is 0 Å². The number of nitrogens with zero attached hydrogens (tertiary/aromatic N) is 3. The van der Waals surface area contributed by atoms with E-state index in [0.717, 1.165) is 36.9 Å². The Labute approximate surface area is 131 Å². The van der Waals surface area contributed by atoms with Crippen LogP contribution in [0.4, 0.5) is 0 Å². The van der Waals surface area contributed by atoms with Gasteiger partial charge in [0.15, 0.2) is 0 Å². The molecule has 3 rings (SSSR count). The SMILES string of the molecule is CN1CCN(C(c2ccc(Cl)cc2)c2ccccn2)CC1. The lowest BCUT2D eigenvalue weighted by molar-refractivity contribution is 0.125. The molecule has 0 saturated carbocycles. The van der Waals surface area contributed by atoms with Crippen LogP contribution in [0, 0.1) is 0 Å². The molecule has 0 N–H and O–H groups in total. The van der Waals surface area contributed by atoms with Crippen molar-refractivity contribution in [3.05, 3.63) is 64.9 Å². The first-order valence-corrected chi connectivity index (χ1v) is 7.71. The van der Waals surface area contributed by atoms with E-state index in [4.69, 9.17) is 11.6 Å². The van der Waals surface area contributed by atoms with Gasteiger partial charge < -0.3 is 4.90 Å². The van der Waals surface area contributed by atoms with Crippen LogP contribution < -0.4 is 0 Å². The number of hydrogen-bond donors (Lipinski definition) is 0. The van der Waals surface area contributed by atoms with Crippen LogP contribution >= 0.6 is 11.6 Å². The van der Waals surface area contributed by atoms with Gasteiger partial charge in [0.2, 0.25) is 0 Å². The van der Waals surface area contributed by atoms with E-state index >= 15 is 0 Å². The normalized spacial score (nSPS) is 18.6. The minimum Gasteiger partial charge on any atom is -0.304 e. The molecule has 0 radical (unpaired) electrons. The quantitative estimate of drug-likeness (QED) is 0.868. The van der Waals surface area contributed by atoms with Crippen molar-refractivity contribution in [1.82, 2.24) is 14.8 Å². The van der Waals surface area contributed by atoms with Gasteiger partial charge in [-0.25, -0.2) is 0 Å². The minimum absolute atomic E-state index is 0.206. The van der Waals surface area contributed by atoms with E-state index in [2.05, 4.69) is 46.1 Å². The number of piperazine rings is 1. The molecular formula is C17H20ClN3. The van der Waals surface area contributed by atoms with Crippen LogP contribution in [-0.2, 0) is 0 Å². The van der Waals surface area contributed by atoms with Crippen LogP contribution in [0.2, 0.25) is 5.02 Å². The van der Waals surface area contributed by atoms with Gasteiger partial charge in [0, 0.05) is 37.4 Å². The van der Waals surface area contributed by atoms with Gasteiger partial charge in [0.1, 0.15) is 0 Å². The van der Waals surface area contributed by atoms with Crippen molar-refractivity contribution in [3.8, 4) is 0 Å². The number of hydrogen-bond acceptors (Lipinski definition) is 3. The topological polar surface area (TPSA) is 19.4 Å². The minimum atomic E-state index is 0.206. The molecule has 1 atom stereocenters. The van der Waals surface area contributed by atoms with Crippen LogP contribution in [-0.4, -0.2) is 48.0 Å². The van der Waals surface area contributed by atoms with Gasteiger partial charge in [0.05, 0.1) is 11.7 Å². The molecule has 3 nitrogen and oxygen atoms in total. The molecule has 1 fully saturated rings. The Balaban J connectivity index is 1.93. The molecule has 1 aliphatic heterocycles. The molecule has 21 heavy (non-hydrogen) atoms. The van der Waals surface area contributed by atoms with Crippen molar-refractivity contribution in [2.45, 2.75) is 6.04 Å². The molecule has 1 aromatic heterocycles. The molecule has 1 aromatic carbocycles. The number of pyridine rings is 1. The number of rotatable bonds is 3. The molecule has 0 aliphatic carbocycles. The molecule has 0 bridgehead atoms. The van der Waals surface area contributed by atoms with Gasteiger partial charge in [0.25, 0.3) is 0 Å². The second kappa shape index (κ2) is 6.56. The third kappa shape index (κ3) is 3.43. The maximum Gasteiger partial charge on any atom is 0.0777 e. The highest BCUT2D eigenvalue weighted by Gasteiger charge is 2.26. The zero-order valence-corrected chi connectivity index (χ0v) is 13.0. The maximum absolute atomic E-state index is 6.03. The Hall–Kier alpha value is -1.42. The van der Waals surface area contributed by atoms with Crippen LogP contribution in [0.3, 0.4) is 0 Å². The fourth-order valence-corrected chi connectivity index (χ4v) is 2.96. The standard InChI is InChI=1S/C17H20ClN3/c1-20-10-12-21(13-11-20)17(16-4-2-3-9-19-16)14-5-7-15(18)8-6-14/h2-9,17H,10-13H2,1H3. The maximum atomic E-state index is 6.03. The molecule has 110 valence electrons. The van der Waals surface area contributed by atoms with Crippen LogP contribution in [0.1, 0.15) is 17.3 Å². The van der Waals surface area contributed by atoms with Gasteiger partial charge >= 0.3 is 0 Å². The van der Waals surface area contributed by atoms with Crippen molar-refractivity contribution in [2.75, 3.05) is 33.2 Å². The Kier molecular flexibility index (Phi) is 4.54. The smallest absolute Gasteiger partial charge is 0.0777 e. The van der Waals surface area contributed by atoms with Crippen molar-refractivity contribution >= 4 is 11.6 Å². The summed E-state index contributed by atoms with van der Waals surface area (Å²) >= 11 is 6.03. The molecule has 2 aromatic rings. The molecule has 1 aliphatic rings. The summed E-state index contributed by atoms with van der Waals surface area (Å²) in [5, 5.41) is 0.775. The highest BCUT2D eigenvalue weighted by Crippen LogP contribution is 2.28. The first kappa shape index (κ1) is 14.5. The van der Waals surface area contributed by atoms with E-state index in [1.54, 1.807) is 0 Å². The van der Waals surface area contributed by atoms with Crippen molar-refractivity contribution in [3.63, 3.8) is 0 Å². The van der Waals surface area contributed by atoms with Crippen molar-refractivity contribution in [2.24, 2.45) is 0 Å². The second-order valence-electron chi connectivity index (χ2n) is 5.55. The molecule has 2 heterocycles. The average Bonchev–Trinajstić information content (AvgIpc) is 2.52. The third-order valence-corrected chi connectivity index (χ3v) is 4.31. The fraction of sp³-hybridized carbons (Fsp3) is 0.353. The zero-order valence-electron chi connectivity index (χ0n) is 12.2. The van der Waals surface area contributed by atoms with Gasteiger partial charge in [-0.3, -0.25) is 9.88 Å². The summed E-state index contributed by atoms with van der Waals surface area (Å²) in [6.45, 7) is 4.30. The predicted molar refractivity (Wildman–Crippen MR) is 86.6 cm³/mol. The summed E-state index contributed by atoms with van der Waals surface area (Å²) in [6, 6.07) is 14.5. The predicted octanol–water partition coefficient (Wildman–Crippen LogP) is 3.07. The van der Waals surface area contributed by atoms with E-state index < -0.39 is 0 Å². The summed E-state index contributed by atoms with van der Waals surface area (Å²) < 4.78 is 0. The molecule has 0 spiro atoms. The molecule has 1 unspecified atom stereocenters. The Morgan fingerprint density at radius 1 is 1.00 bits per heavy atom. The fourth-order valence-electron chi connectivity index (χ4n) is 2.83. The van der Waals surface area contributed by atoms with E-state index in [0.29, 0.717) is 0 Å². The number of aromatic nitrogens is 1. The van der Waals surface area contributed by atoms with Gasteiger partial charge in [-0.1, -0.05) is 29.8 Å². The monoisotopic (exact) mass is 301 g/mol. The van der Waals surface area contributed by atoms with Crippen LogP contribution in [0.15, 0.2) is 48.7 Å². The lowest BCUT2D eigenvalue weighted by atomic mass is 10.0. The van der Waals surface area contributed by atoms with Crippen molar-refractivity contribution < 1.29 is 0 Å². The molecular weight excluding hydrogens is 282 g/mol. The largest absolute Gasteiger partial charge is 0.304 e. The summed E-state index contributed by atoms with van der Waals surface area (Å²) in [4.78, 5) is 9.46. The average molecular weight is 302 g/mol. The lowest BCUT2D eigenvalue weighted by Crippen LogP contribution is -2.46. The van der Waals surface area contributed by atoms with Gasteiger partial charge in [-0.05, 0) is 36.9 Å². The summed E-state index contributed by atoms with van der Waals surface area (Å²) in [5.41, 5.74) is 2.35. The number of halogens is 1. The third-order valence-electron chi connectivity index (χ3n) is 4.06. The highest BCUT2D eigenvalue weighted by molar-refractivity contribution is 6.30. The van der Waals surface area contributed by atoms with Gasteiger partial charge in [-0.2, -0.15) is 0 Å². The van der Waals surface area contributed by atoms with E-state index in [-0.39, 0.29) is 6.04 Å². The first-order valence-electron chi connectivity index (χ1n) is 7.33. The zero-order chi connectivity index (χ0) is 14.7. The molecule has 0 amide bonds. The van der Waals surface area contributed by atoms with E-state index in [1.165, 1.54) is 5.56 Å². The molecule has 1 saturated heterocycles. The first-order chi connectivity index (χ1) is 10.2. The van der Waals surface area contributed by atoms with Crippen molar-refractivity contribution in [1.29, 1.82) is 0 Å². The van der Waals surface area contributed by atoms with E-state index in [1.807, 2.05) is 24.4 Å². The Bertz CT molecular complexity index is 562. The number of likely N-dealkylation sites (N-methyl/N-ethyl adjacent to an activating group) is 1. The van der Waals surface area contributed by atoms with Crippen LogP contribution in [0.25, 0.3) is 0 Å². The summed E-state index contributed by atoms with van der Waals surface area (Å²) in [6.07, 6.45) is 1.87. The van der Waals surface area contributed by atoms with Crippen LogP contribution in [0.5, 0.6) is 0 Å². The highest BCUT2D eigenvalue weighted by atomic mass is 35.5. The summed E-state index contributed by atoms with van der Waals surface area (Å²) in [7, 11) is 2.18. The lowest BCUT2D eigenvalue weighted by Gasteiger charge is -2.38. The Morgan fingerprint density at radius 2 is 1.71 bits per heavy atom. The second-order valence-corrected chi connectivity index (χ2v) is 5.98. The molecule has 4 heteroatoms. The Morgan fingerprint density at radius 3 is 2.33 bits per heavy atom.